The molecular weight excluding hydrogens is 260 g/mol. The van der Waals surface area contributed by atoms with Crippen molar-refractivity contribution in [3.63, 3.8) is 0 Å². The third-order valence-electron chi connectivity index (χ3n) is 3.70. The third kappa shape index (κ3) is 3.03. The fourth-order valence-corrected chi connectivity index (χ4v) is 3.10. The lowest BCUT2D eigenvalue weighted by Crippen LogP contribution is -2.49. The minimum absolute atomic E-state index is 0.0404. The Labute approximate surface area is 120 Å². The van der Waals surface area contributed by atoms with Crippen LogP contribution in [0.2, 0.25) is 0 Å². The predicted octanol–water partition coefficient (Wildman–Crippen LogP) is 2.50. The quantitative estimate of drug-likeness (QED) is 0.777. The maximum Gasteiger partial charge on any atom is 0.237 e. The highest BCUT2D eigenvalue weighted by molar-refractivity contribution is 6.27. The number of hydrogen-bond donors (Lipinski definition) is 0. The molecule has 0 saturated carbocycles. The number of nitrogens with zero attached hydrogens (tertiary/aromatic N) is 2. The summed E-state index contributed by atoms with van der Waals surface area (Å²) in [7, 11) is 0. The summed E-state index contributed by atoms with van der Waals surface area (Å²) in [4.78, 5) is 15.8. The summed E-state index contributed by atoms with van der Waals surface area (Å²) in [6, 6.07) is 4.44. The summed E-state index contributed by atoms with van der Waals surface area (Å²) in [5.74, 6) is 0.126. The van der Waals surface area contributed by atoms with Gasteiger partial charge in [0.05, 0.1) is 0 Å². The van der Waals surface area contributed by atoms with E-state index in [1.807, 2.05) is 4.90 Å². The second-order valence-corrected chi connectivity index (χ2v) is 5.52. The number of piperazine rings is 1. The Kier molecular flexibility index (Phi) is 4.35. The molecule has 0 spiro atoms. The van der Waals surface area contributed by atoms with Crippen molar-refractivity contribution in [1.29, 1.82) is 0 Å². The van der Waals surface area contributed by atoms with Crippen LogP contribution in [-0.4, -0.2) is 42.9 Å². The van der Waals surface area contributed by atoms with Gasteiger partial charge in [0.25, 0.3) is 0 Å². The average molecular weight is 281 g/mol. The number of rotatable bonds is 2. The Morgan fingerprint density at radius 1 is 1.11 bits per heavy atom. The Bertz CT molecular complexity index is 456. The van der Waals surface area contributed by atoms with Gasteiger partial charge in [-0.15, -0.1) is 11.6 Å². The number of hydrogen-bond acceptors (Lipinski definition) is 2. The van der Waals surface area contributed by atoms with Crippen LogP contribution in [0.5, 0.6) is 0 Å². The molecule has 1 heterocycles. The minimum Gasteiger partial charge on any atom is -0.368 e. The van der Waals surface area contributed by atoms with Gasteiger partial charge >= 0.3 is 0 Å². The summed E-state index contributed by atoms with van der Waals surface area (Å²) in [6.07, 6.45) is 0. The second-order valence-electron chi connectivity index (χ2n) is 5.25. The van der Waals surface area contributed by atoms with Crippen molar-refractivity contribution in [3.8, 4) is 0 Å². The van der Waals surface area contributed by atoms with Gasteiger partial charge in [-0.25, -0.2) is 0 Å². The van der Waals surface area contributed by atoms with E-state index in [9.17, 15) is 4.79 Å². The molecule has 4 heteroatoms. The summed E-state index contributed by atoms with van der Waals surface area (Å²) in [5.41, 5.74) is 5.25. The molecule has 3 nitrogen and oxygen atoms in total. The number of carbonyl (C=O) groups excluding carboxylic acids is 1. The van der Waals surface area contributed by atoms with Crippen LogP contribution in [-0.2, 0) is 4.79 Å². The summed E-state index contributed by atoms with van der Waals surface area (Å²) in [5, 5.41) is 0. The molecule has 0 atom stereocenters. The maximum absolute atomic E-state index is 11.6. The van der Waals surface area contributed by atoms with Crippen LogP contribution in [0.15, 0.2) is 12.1 Å². The van der Waals surface area contributed by atoms with Crippen molar-refractivity contribution in [3.05, 3.63) is 28.8 Å². The van der Waals surface area contributed by atoms with Crippen LogP contribution >= 0.6 is 11.6 Å². The van der Waals surface area contributed by atoms with Gasteiger partial charge in [-0.2, -0.15) is 0 Å². The molecule has 0 aliphatic carbocycles. The van der Waals surface area contributed by atoms with Crippen LogP contribution < -0.4 is 4.90 Å². The Morgan fingerprint density at radius 3 is 2.11 bits per heavy atom. The fourth-order valence-electron chi connectivity index (χ4n) is 2.94. The first kappa shape index (κ1) is 14.2. The molecule has 0 unspecified atom stereocenters. The van der Waals surface area contributed by atoms with E-state index in [4.69, 9.17) is 11.6 Å². The monoisotopic (exact) mass is 280 g/mol. The normalized spacial score (nSPS) is 15.8. The number of amides is 1. The number of benzene rings is 1. The zero-order valence-corrected chi connectivity index (χ0v) is 12.6. The van der Waals surface area contributed by atoms with E-state index >= 15 is 0 Å². The van der Waals surface area contributed by atoms with E-state index in [-0.39, 0.29) is 11.8 Å². The molecule has 1 aliphatic heterocycles. The van der Waals surface area contributed by atoms with E-state index in [1.165, 1.54) is 22.4 Å². The first-order valence-electron chi connectivity index (χ1n) is 6.69. The first-order chi connectivity index (χ1) is 9.02. The van der Waals surface area contributed by atoms with Crippen molar-refractivity contribution >= 4 is 23.2 Å². The van der Waals surface area contributed by atoms with Crippen molar-refractivity contribution in [2.45, 2.75) is 20.8 Å². The van der Waals surface area contributed by atoms with Crippen LogP contribution in [0.1, 0.15) is 16.7 Å². The molecule has 0 bridgehead atoms. The van der Waals surface area contributed by atoms with Crippen LogP contribution in [0.25, 0.3) is 0 Å². The van der Waals surface area contributed by atoms with Gasteiger partial charge in [0.15, 0.2) is 0 Å². The van der Waals surface area contributed by atoms with Crippen molar-refractivity contribution in [2.24, 2.45) is 0 Å². The molecule has 1 saturated heterocycles. The number of aryl methyl sites for hydroxylation is 3. The third-order valence-corrected chi connectivity index (χ3v) is 3.93. The van der Waals surface area contributed by atoms with Crippen LogP contribution in [0, 0.1) is 20.8 Å². The van der Waals surface area contributed by atoms with Gasteiger partial charge in [0.2, 0.25) is 5.91 Å². The number of alkyl halides is 1. The lowest BCUT2D eigenvalue weighted by Gasteiger charge is -2.37. The molecule has 104 valence electrons. The summed E-state index contributed by atoms with van der Waals surface area (Å²) >= 11 is 5.60. The Morgan fingerprint density at radius 2 is 1.63 bits per heavy atom. The molecular formula is C15H21ClN2O. The molecule has 1 aromatic carbocycles. The first-order valence-corrected chi connectivity index (χ1v) is 7.23. The highest BCUT2D eigenvalue weighted by Gasteiger charge is 2.22. The van der Waals surface area contributed by atoms with Crippen molar-refractivity contribution in [2.75, 3.05) is 37.0 Å². The van der Waals surface area contributed by atoms with Gasteiger partial charge in [-0.1, -0.05) is 17.7 Å². The van der Waals surface area contributed by atoms with E-state index in [0.29, 0.717) is 0 Å². The molecule has 0 radical (unpaired) electrons. The molecule has 1 aromatic rings. The largest absolute Gasteiger partial charge is 0.368 e. The molecule has 1 amide bonds. The molecule has 1 aliphatic rings. The number of carbonyl (C=O) groups is 1. The number of anilines is 1. The van der Waals surface area contributed by atoms with Gasteiger partial charge < -0.3 is 9.80 Å². The van der Waals surface area contributed by atoms with Gasteiger partial charge in [0, 0.05) is 31.9 Å². The fraction of sp³-hybridized carbons (Fsp3) is 0.533. The van der Waals surface area contributed by atoms with E-state index in [1.54, 1.807) is 0 Å². The van der Waals surface area contributed by atoms with Crippen LogP contribution in [0.3, 0.4) is 0 Å². The van der Waals surface area contributed by atoms with Crippen molar-refractivity contribution in [1.82, 2.24) is 4.90 Å². The molecule has 0 aromatic heterocycles. The smallest absolute Gasteiger partial charge is 0.237 e. The van der Waals surface area contributed by atoms with Crippen LogP contribution in [0.4, 0.5) is 5.69 Å². The highest BCUT2D eigenvalue weighted by Crippen LogP contribution is 2.27. The highest BCUT2D eigenvalue weighted by atomic mass is 35.5. The molecule has 2 rings (SSSR count). The predicted molar refractivity (Wildman–Crippen MR) is 80.2 cm³/mol. The molecule has 1 fully saturated rings. The Hall–Kier alpha value is -1.22. The summed E-state index contributed by atoms with van der Waals surface area (Å²) in [6.45, 7) is 9.73. The molecule has 0 N–H and O–H groups in total. The van der Waals surface area contributed by atoms with E-state index < -0.39 is 0 Å². The number of halogens is 1. The zero-order valence-electron chi connectivity index (χ0n) is 11.9. The van der Waals surface area contributed by atoms with Crippen molar-refractivity contribution < 1.29 is 4.79 Å². The minimum atomic E-state index is 0.0404. The van der Waals surface area contributed by atoms with E-state index in [0.717, 1.165) is 26.2 Å². The standard InChI is InChI=1S/C15H21ClN2O/c1-11-8-12(2)15(13(3)9-11)18-6-4-17(5-7-18)14(19)10-16/h8-9H,4-7,10H2,1-3H3. The lowest BCUT2D eigenvalue weighted by molar-refractivity contribution is -0.128. The second kappa shape index (κ2) is 5.83. The maximum atomic E-state index is 11.6. The van der Waals surface area contributed by atoms with Gasteiger partial charge in [-0.3, -0.25) is 4.79 Å². The molecule has 19 heavy (non-hydrogen) atoms. The summed E-state index contributed by atoms with van der Waals surface area (Å²) < 4.78 is 0. The topological polar surface area (TPSA) is 23.6 Å². The van der Waals surface area contributed by atoms with Gasteiger partial charge in [0.1, 0.15) is 5.88 Å². The Balaban J connectivity index is 2.12. The van der Waals surface area contributed by atoms with Gasteiger partial charge in [-0.05, 0) is 31.9 Å². The SMILES string of the molecule is Cc1cc(C)c(N2CCN(C(=O)CCl)CC2)c(C)c1. The zero-order chi connectivity index (χ0) is 14.0. The lowest BCUT2D eigenvalue weighted by atomic mass is 10.0. The van der Waals surface area contributed by atoms with E-state index in [2.05, 4.69) is 37.8 Å². The average Bonchev–Trinajstić information content (AvgIpc) is 2.37.